The lowest BCUT2D eigenvalue weighted by Gasteiger charge is -2.11. The number of esters is 1. The van der Waals surface area contributed by atoms with Crippen molar-refractivity contribution < 1.29 is 14.3 Å². The highest BCUT2D eigenvalue weighted by atomic mass is 16.5. The van der Waals surface area contributed by atoms with Gasteiger partial charge < -0.3 is 9.47 Å². The maximum Gasteiger partial charge on any atom is 0.313 e. The second kappa shape index (κ2) is 7.66. The number of ether oxygens (including phenoxy) is 2. The minimum Gasteiger partial charge on any atom is -0.466 e. The Morgan fingerprint density at radius 2 is 1.76 bits per heavy atom. The van der Waals surface area contributed by atoms with Gasteiger partial charge in [0.25, 0.3) is 0 Å². The van der Waals surface area contributed by atoms with Gasteiger partial charge in [-0.05, 0) is 50.2 Å². The minimum atomic E-state index is -0.381. The Morgan fingerprint density at radius 3 is 2.44 bits per heavy atom. The number of para-hydroxylation sites is 1. The van der Waals surface area contributed by atoms with Crippen LogP contribution in [0.2, 0.25) is 0 Å². The van der Waals surface area contributed by atoms with E-state index in [1.165, 1.54) is 0 Å². The number of hydrogen-bond acceptors (Lipinski definition) is 4. The molecule has 2 aromatic carbocycles. The summed E-state index contributed by atoms with van der Waals surface area (Å²) in [7, 11) is 0. The fourth-order valence-electron chi connectivity index (χ4n) is 2.56. The molecule has 0 spiro atoms. The number of benzene rings is 2. The van der Waals surface area contributed by atoms with Gasteiger partial charge in [-0.15, -0.1) is 0 Å². The van der Waals surface area contributed by atoms with Crippen molar-refractivity contribution >= 4 is 5.97 Å². The first kappa shape index (κ1) is 16.8. The van der Waals surface area contributed by atoms with E-state index in [-0.39, 0.29) is 11.9 Å². The van der Waals surface area contributed by atoms with Gasteiger partial charge >= 0.3 is 5.97 Å². The van der Waals surface area contributed by atoms with Crippen LogP contribution in [-0.4, -0.2) is 22.8 Å². The van der Waals surface area contributed by atoms with Crippen LogP contribution in [0.15, 0.2) is 60.8 Å². The summed E-state index contributed by atoms with van der Waals surface area (Å²) in [6, 6.07) is 17.3. The molecule has 25 heavy (non-hydrogen) atoms. The molecule has 1 aromatic heterocycles. The molecule has 0 saturated carbocycles. The van der Waals surface area contributed by atoms with Crippen LogP contribution in [0.1, 0.15) is 25.3 Å². The van der Waals surface area contributed by atoms with Gasteiger partial charge in [0.1, 0.15) is 11.5 Å². The Balaban J connectivity index is 1.79. The largest absolute Gasteiger partial charge is 0.466 e. The lowest BCUT2D eigenvalue weighted by atomic mass is 9.98. The molecule has 128 valence electrons. The van der Waals surface area contributed by atoms with Crippen LogP contribution >= 0.6 is 0 Å². The number of rotatable bonds is 6. The number of carbonyl (C=O) groups is 1. The van der Waals surface area contributed by atoms with Gasteiger partial charge in [-0.3, -0.25) is 9.89 Å². The number of hydrogen-bond donors (Lipinski definition) is 1. The molecule has 0 saturated heterocycles. The van der Waals surface area contributed by atoms with Crippen LogP contribution < -0.4 is 4.74 Å². The molecule has 0 bridgehead atoms. The van der Waals surface area contributed by atoms with E-state index >= 15 is 0 Å². The molecule has 0 fully saturated rings. The molecule has 0 aliphatic heterocycles. The second-order valence-corrected chi connectivity index (χ2v) is 5.61. The van der Waals surface area contributed by atoms with Crippen molar-refractivity contribution in [3.63, 3.8) is 0 Å². The van der Waals surface area contributed by atoms with Crippen LogP contribution in [0.5, 0.6) is 11.5 Å². The maximum absolute atomic E-state index is 12.0. The predicted octanol–water partition coefficient (Wildman–Crippen LogP) is 4.54. The van der Waals surface area contributed by atoms with Crippen molar-refractivity contribution in [1.29, 1.82) is 0 Å². The van der Waals surface area contributed by atoms with Crippen molar-refractivity contribution in [1.82, 2.24) is 10.2 Å². The first-order valence-corrected chi connectivity index (χ1v) is 8.22. The molecule has 3 rings (SSSR count). The summed E-state index contributed by atoms with van der Waals surface area (Å²) in [5, 5.41) is 7.06. The quantitative estimate of drug-likeness (QED) is 0.671. The third kappa shape index (κ3) is 3.88. The van der Waals surface area contributed by atoms with E-state index in [0.29, 0.717) is 6.61 Å². The molecule has 0 amide bonds. The molecular weight excluding hydrogens is 316 g/mol. The van der Waals surface area contributed by atoms with E-state index < -0.39 is 0 Å². The summed E-state index contributed by atoms with van der Waals surface area (Å²) >= 11 is 0. The minimum absolute atomic E-state index is 0.255. The number of carbonyl (C=O) groups excluding carboxylic acids is 1. The second-order valence-electron chi connectivity index (χ2n) is 5.61. The molecule has 5 nitrogen and oxygen atoms in total. The first-order valence-electron chi connectivity index (χ1n) is 8.22. The molecule has 3 aromatic rings. The van der Waals surface area contributed by atoms with Gasteiger partial charge in [0.05, 0.1) is 24.4 Å². The molecular formula is C20H20N2O3. The molecule has 1 unspecified atom stereocenters. The Hall–Kier alpha value is -3.08. The lowest BCUT2D eigenvalue weighted by Crippen LogP contribution is -2.13. The molecule has 0 aliphatic rings. The summed E-state index contributed by atoms with van der Waals surface area (Å²) in [4.78, 5) is 12.0. The van der Waals surface area contributed by atoms with Crippen LogP contribution in [0, 0.1) is 0 Å². The number of nitrogens with zero attached hydrogens (tertiary/aromatic N) is 1. The summed E-state index contributed by atoms with van der Waals surface area (Å²) in [6.45, 7) is 3.98. The summed E-state index contributed by atoms with van der Waals surface area (Å²) in [6.07, 6.45) is 1.67. The Morgan fingerprint density at radius 1 is 1.08 bits per heavy atom. The number of H-pyrrole nitrogens is 1. The highest BCUT2D eigenvalue weighted by Gasteiger charge is 2.22. The van der Waals surface area contributed by atoms with Crippen molar-refractivity contribution in [3.8, 4) is 22.8 Å². The normalized spacial score (nSPS) is 11.8. The van der Waals surface area contributed by atoms with Gasteiger partial charge in [-0.25, -0.2) is 0 Å². The summed E-state index contributed by atoms with van der Waals surface area (Å²) in [5.41, 5.74) is 2.56. The number of nitrogens with one attached hydrogen (secondary N) is 1. The smallest absolute Gasteiger partial charge is 0.313 e. The fraction of sp³-hybridized carbons (Fsp3) is 0.200. The Kier molecular flexibility index (Phi) is 5.14. The molecule has 1 heterocycles. The van der Waals surface area contributed by atoms with E-state index in [1.54, 1.807) is 13.1 Å². The molecule has 5 heteroatoms. The van der Waals surface area contributed by atoms with Crippen LogP contribution in [-0.2, 0) is 9.53 Å². The van der Waals surface area contributed by atoms with Crippen molar-refractivity contribution in [2.45, 2.75) is 19.8 Å². The van der Waals surface area contributed by atoms with E-state index in [4.69, 9.17) is 9.47 Å². The average Bonchev–Trinajstić information content (AvgIpc) is 3.12. The van der Waals surface area contributed by atoms with Gasteiger partial charge in [-0.1, -0.05) is 18.2 Å². The van der Waals surface area contributed by atoms with Crippen LogP contribution in [0.3, 0.4) is 0 Å². The zero-order chi connectivity index (χ0) is 17.6. The summed E-state index contributed by atoms with van der Waals surface area (Å²) in [5.74, 6) is 0.894. The number of aromatic nitrogens is 2. The predicted molar refractivity (Wildman–Crippen MR) is 95.6 cm³/mol. The van der Waals surface area contributed by atoms with Crippen molar-refractivity contribution in [2.75, 3.05) is 6.61 Å². The summed E-state index contributed by atoms with van der Waals surface area (Å²) < 4.78 is 10.9. The van der Waals surface area contributed by atoms with Gasteiger partial charge in [-0.2, -0.15) is 5.10 Å². The highest BCUT2D eigenvalue weighted by molar-refractivity contribution is 5.81. The number of aromatic amines is 1. The zero-order valence-electron chi connectivity index (χ0n) is 14.2. The van der Waals surface area contributed by atoms with Crippen molar-refractivity contribution in [3.05, 3.63) is 66.4 Å². The van der Waals surface area contributed by atoms with Gasteiger partial charge in [0, 0.05) is 11.1 Å². The highest BCUT2D eigenvalue weighted by Crippen LogP contribution is 2.30. The van der Waals surface area contributed by atoms with E-state index in [0.717, 1.165) is 28.3 Å². The van der Waals surface area contributed by atoms with Crippen LogP contribution in [0.4, 0.5) is 0 Å². The standard InChI is InChI=1S/C20H20N2O3/c1-3-24-20(23)14(2)18-13-21-22-19(18)15-9-11-17(12-10-15)25-16-7-5-4-6-8-16/h4-14H,3H2,1-2H3,(H,21,22). The first-order chi connectivity index (χ1) is 12.2. The van der Waals surface area contributed by atoms with E-state index in [9.17, 15) is 4.79 Å². The topological polar surface area (TPSA) is 64.2 Å². The Bertz CT molecular complexity index is 826. The molecule has 0 radical (unpaired) electrons. The van der Waals surface area contributed by atoms with E-state index in [1.807, 2.05) is 61.5 Å². The molecule has 0 aliphatic carbocycles. The zero-order valence-corrected chi connectivity index (χ0v) is 14.2. The fourth-order valence-corrected chi connectivity index (χ4v) is 2.56. The maximum atomic E-state index is 12.0. The molecule has 1 N–H and O–H groups in total. The third-order valence-corrected chi connectivity index (χ3v) is 3.90. The van der Waals surface area contributed by atoms with Gasteiger partial charge in [0.15, 0.2) is 0 Å². The average molecular weight is 336 g/mol. The van der Waals surface area contributed by atoms with Crippen LogP contribution in [0.25, 0.3) is 11.3 Å². The third-order valence-electron chi connectivity index (χ3n) is 3.90. The lowest BCUT2D eigenvalue weighted by molar-refractivity contribution is -0.144. The van der Waals surface area contributed by atoms with E-state index in [2.05, 4.69) is 10.2 Å². The van der Waals surface area contributed by atoms with Crippen molar-refractivity contribution in [2.24, 2.45) is 0 Å². The van der Waals surface area contributed by atoms with Gasteiger partial charge in [0.2, 0.25) is 0 Å². The SMILES string of the molecule is CCOC(=O)C(C)c1cn[nH]c1-c1ccc(Oc2ccccc2)cc1. The molecule has 1 atom stereocenters. The Labute approximate surface area is 146 Å². The monoisotopic (exact) mass is 336 g/mol.